The van der Waals surface area contributed by atoms with Crippen LogP contribution in [0.3, 0.4) is 0 Å². The molecular formula is C14H20BrNO. The molecule has 94 valence electrons. The molecule has 2 N–H and O–H groups in total. The maximum absolute atomic E-state index is 6.02. The number of rotatable bonds is 6. The molecule has 1 fully saturated rings. The first-order valence-corrected chi connectivity index (χ1v) is 7.09. The van der Waals surface area contributed by atoms with Crippen molar-refractivity contribution in [2.75, 3.05) is 6.61 Å². The molecule has 0 aromatic heterocycles. The summed E-state index contributed by atoms with van der Waals surface area (Å²) >= 11 is 3.56. The Kier molecular flexibility index (Phi) is 4.60. The topological polar surface area (TPSA) is 35.2 Å². The minimum atomic E-state index is -0.00988. The number of nitrogens with two attached hydrogens (primary N) is 1. The zero-order valence-electron chi connectivity index (χ0n) is 10.2. The van der Waals surface area contributed by atoms with Crippen molar-refractivity contribution in [2.24, 2.45) is 11.7 Å². The van der Waals surface area contributed by atoms with Gasteiger partial charge in [-0.05, 0) is 30.9 Å². The van der Waals surface area contributed by atoms with E-state index in [-0.39, 0.29) is 12.1 Å². The Hall–Kier alpha value is -0.380. The molecule has 2 unspecified atom stereocenters. The quantitative estimate of drug-likeness (QED) is 0.870. The largest absolute Gasteiger partial charge is 0.372 e. The maximum Gasteiger partial charge on any atom is 0.0983 e. The lowest BCUT2D eigenvalue weighted by Gasteiger charge is -2.23. The summed E-state index contributed by atoms with van der Waals surface area (Å²) in [4.78, 5) is 0. The van der Waals surface area contributed by atoms with E-state index in [1.54, 1.807) is 0 Å². The molecule has 2 rings (SSSR count). The third-order valence-electron chi connectivity index (χ3n) is 3.21. The predicted molar refractivity (Wildman–Crippen MR) is 73.8 cm³/mol. The number of hydrogen-bond donors (Lipinski definition) is 1. The molecule has 0 saturated heterocycles. The lowest BCUT2D eigenvalue weighted by Crippen LogP contribution is -2.27. The first-order valence-electron chi connectivity index (χ1n) is 6.30. The second kappa shape index (κ2) is 5.98. The second-order valence-corrected chi connectivity index (χ2v) is 5.76. The van der Waals surface area contributed by atoms with E-state index in [4.69, 9.17) is 10.5 Å². The van der Waals surface area contributed by atoms with Crippen LogP contribution in [0.5, 0.6) is 0 Å². The molecule has 3 heteroatoms. The number of hydrogen-bond acceptors (Lipinski definition) is 2. The van der Waals surface area contributed by atoms with Crippen molar-refractivity contribution in [1.29, 1.82) is 0 Å². The Labute approximate surface area is 112 Å². The number of benzene rings is 1. The summed E-state index contributed by atoms with van der Waals surface area (Å²) in [6.45, 7) is 2.82. The van der Waals surface area contributed by atoms with Crippen molar-refractivity contribution in [1.82, 2.24) is 0 Å². The predicted octanol–water partition coefficient (Wildman–Crippen LogP) is 3.65. The molecule has 1 saturated carbocycles. The van der Waals surface area contributed by atoms with Crippen LogP contribution >= 0.6 is 15.9 Å². The monoisotopic (exact) mass is 297 g/mol. The Morgan fingerprint density at radius 2 is 2.12 bits per heavy atom. The third-order valence-corrected chi connectivity index (χ3v) is 3.93. The Balaban J connectivity index is 1.97. The molecule has 17 heavy (non-hydrogen) atoms. The van der Waals surface area contributed by atoms with Crippen molar-refractivity contribution in [3.8, 4) is 0 Å². The van der Waals surface area contributed by atoms with Gasteiger partial charge in [-0.15, -0.1) is 0 Å². The van der Waals surface area contributed by atoms with Gasteiger partial charge in [0.15, 0.2) is 0 Å². The van der Waals surface area contributed by atoms with Gasteiger partial charge in [0.1, 0.15) is 0 Å². The van der Waals surface area contributed by atoms with Crippen LogP contribution in [0.4, 0.5) is 0 Å². The lowest BCUT2D eigenvalue weighted by molar-refractivity contribution is 0.0342. The number of ether oxygens (including phenoxy) is 1. The van der Waals surface area contributed by atoms with Crippen molar-refractivity contribution < 1.29 is 4.74 Å². The molecule has 0 radical (unpaired) electrons. The van der Waals surface area contributed by atoms with Crippen LogP contribution in [-0.4, -0.2) is 12.6 Å². The number of halogens is 1. The van der Waals surface area contributed by atoms with Gasteiger partial charge in [-0.2, -0.15) is 0 Å². The van der Waals surface area contributed by atoms with Gasteiger partial charge in [0.05, 0.1) is 6.10 Å². The highest BCUT2D eigenvalue weighted by molar-refractivity contribution is 9.10. The van der Waals surface area contributed by atoms with E-state index >= 15 is 0 Å². The summed E-state index contributed by atoms with van der Waals surface area (Å²) in [7, 11) is 0. The van der Waals surface area contributed by atoms with E-state index in [2.05, 4.69) is 22.0 Å². The molecule has 0 heterocycles. The smallest absolute Gasteiger partial charge is 0.0983 e. The van der Waals surface area contributed by atoms with Crippen LogP contribution in [-0.2, 0) is 4.74 Å². The fraction of sp³-hybridized carbons (Fsp3) is 0.571. The van der Waals surface area contributed by atoms with Crippen molar-refractivity contribution in [3.63, 3.8) is 0 Å². The highest BCUT2D eigenvalue weighted by atomic mass is 79.9. The second-order valence-electron chi connectivity index (χ2n) is 4.90. The van der Waals surface area contributed by atoms with Gasteiger partial charge in [-0.25, -0.2) is 0 Å². The van der Waals surface area contributed by atoms with Gasteiger partial charge in [0.2, 0.25) is 0 Å². The van der Waals surface area contributed by atoms with Crippen LogP contribution < -0.4 is 5.73 Å². The normalized spacial score (nSPS) is 19.0. The maximum atomic E-state index is 6.02. The minimum absolute atomic E-state index is 0.00732. The molecule has 1 aromatic carbocycles. The zero-order chi connectivity index (χ0) is 12.3. The van der Waals surface area contributed by atoms with E-state index in [1.165, 1.54) is 19.3 Å². The van der Waals surface area contributed by atoms with Gasteiger partial charge in [-0.1, -0.05) is 47.0 Å². The van der Waals surface area contributed by atoms with Crippen LogP contribution in [0.1, 0.15) is 37.9 Å². The fourth-order valence-electron chi connectivity index (χ4n) is 2.00. The molecule has 0 aliphatic heterocycles. The molecular weight excluding hydrogens is 278 g/mol. The first-order chi connectivity index (χ1) is 8.18. The van der Waals surface area contributed by atoms with Crippen molar-refractivity contribution in [2.45, 2.75) is 38.3 Å². The Morgan fingerprint density at radius 3 is 2.71 bits per heavy atom. The third kappa shape index (κ3) is 3.80. The molecule has 2 nitrogen and oxygen atoms in total. The highest BCUT2D eigenvalue weighted by Crippen LogP contribution is 2.33. The Morgan fingerprint density at radius 1 is 1.41 bits per heavy atom. The lowest BCUT2D eigenvalue weighted by atomic mass is 10.0. The SMILES string of the molecule is CC(N)C(OCCC1CC1)c1ccccc1Br. The standard InChI is InChI=1S/C14H20BrNO/c1-10(16)14(17-9-8-11-6-7-11)12-4-2-3-5-13(12)15/h2-5,10-11,14H,6-9,16H2,1H3. The highest BCUT2D eigenvalue weighted by Gasteiger charge is 2.23. The van der Waals surface area contributed by atoms with Crippen LogP contribution in [0.2, 0.25) is 0 Å². The average molecular weight is 298 g/mol. The fourth-order valence-corrected chi connectivity index (χ4v) is 2.51. The van der Waals surface area contributed by atoms with E-state index in [0.29, 0.717) is 0 Å². The summed E-state index contributed by atoms with van der Waals surface area (Å²) in [5, 5.41) is 0. The van der Waals surface area contributed by atoms with Gasteiger partial charge in [0, 0.05) is 17.1 Å². The summed E-state index contributed by atoms with van der Waals surface area (Å²) in [6.07, 6.45) is 3.92. The molecule has 0 bridgehead atoms. The summed E-state index contributed by atoms with van der Waals surface area (Å²) in [5.74, 6) is 0.906. The summed E-state index contributed by atoms with van der Waals surface area (Å²) < 4.78 is 7.04. The van der Waals surface area contributed by atoms with Crippen LogP contribution in [0.25, 0.3) is 0 Å². The summed E-state index contributed by atoms with van der Waals surface area (Å²) in [6, 6.07) is 8.16. The van der Waals surface area contributed by atoms with Crippen molar-refractivity contribution >= 4 is 15.9 Å². The Bertz CT molecular complexity index is 363. The molecule has 0 amide bonds. The van der Waals surface area contributed by atoms with Gasteiger partial charge >= 0.3 is 0 Å². The van der Waals surface area contributed by atoms with E-state index in [1.807, 2.05) is 25.1 Å². The first kappa shape index (κ1) is 13.1. The molecule has 1 aliphatic carbocycles. The van der Waals surface area contributed by atoms with E-state index < -0.39 is 0 Å². The molecule has 1 aliphatic rings. The van der Waals surface area contributed by atoms with Crippen LogP contribution in [0.15, 0.2) is 28.7 Å². The minimum Gasteiger partial charge on any atom is -0.372 e. The van der Waals surface area contributed by atoms with E-state index in [9.17, 15) is 0 Å². The average Bonchev–Trinajstić information content (AvgIpc) is 3.09. The van der Waals surface area contributed by atoms with Gasteiger partial charge in [-0.3, -0.25) is 0 Å². The molecule has 2 atom stereocenters. The van der Waals surface area contributed by atoms with Gasteiger partial charge in [0.25, 0.3) is 0 Å². The summed E-state index contributed by atoms with van der Waals surface area (Å²) in [5.41, 5.74) is 7.18. The molecule has 0 spiro atoms. The van der Waals surface area contributed by atoms with Crippen molar-refractivity contribution in [3.05, 3.63) is 34.3 Å². The van der Waals surface area contributed by atoms with Crippen LogP contribution in [0, 0.1) is 5.92 Å². The van der Waals surface area contributed by atoms with E-state index in [0.717, 1.165) is 22.6 Å². The molecule has 1 aromatic rings. The zero-order valence-corrected chi connectivity index (χ0v) is 11.8. The van der Waals surface area contributed by atoms with Gasteiger partial charge < -0.3 is 10.5 Å².